The summed E-state index contributed by atoms with van der Waals surface area (Å²) in [5, 5.41) is 0. The van der Waals surface area contributed by atoms with Crippen molar-refractivity contribution in [1.29, 1.82) is 0 Å². The highest BCUT2D eigenvalue weighted by Crippen LogP contribution is 2.63. The van der Waals surface area contributed by atoms with E-state index < -0.39 is 5.41 Å². The van der Waals surface area contributed by atoms with E-state index in [1.807, 2.05) is 6.07 Å². The third kappa shape index (κ3) is 4.30. The topological polar surface area (TPSA) is 35.0 Å². The van der Waals surface area contributed by atoms with Crippen molar-refractivity contribution < 1.29 is 4.74 Å². The first kappa shape index (κ1) is 28.7. The Labute approximate surface area is 291 Å². The van der Waals surface area contributed by atoms with E-state index in [1.54, 1.807) is 0 Å². The van der Waals surface area contributed by atoms with Gasteiger partial charge in [-0.05, 0) is 58.0 Å². The summed E-state index contributed by atoms with van der Waals surface area (Å²) in [6.07, 6.45) is 7.71. The Balaban J connectivity index is 1.21. The van der Waals surface area contributed by atoms with Crippen molar-refractivity contribution in [2.45, 2.75) is 17.8 Å². The fourth-order valence-corrected chi connectivity index (χ4v) is 8.30. The lowest BCUT2D eigenvalue weighted by atomic mass is 9.66. The molecule has 0 bridgehead atoms. The molecule has 1 aromatic heterocycles. The number of nitrogens with zero attached hydrogens (tertiary/aromatic N) is 2. The summed E-state index contributed by atoms with van der Waals surface area (Å²) in [6, 6.07) is 55.8. The van der Waals surface area contributed by atoms with E-state index in [9.17, 15) is 0 Å². The van der Waals surface area contributed by atoms with Gasteiger partial charge in [0.2, 0.25) is 0 Å². The van der Waals surface area contributed by atoms with Crippen LogP contribution in [0.5, 0.6) is 11.5 Å². The van der Waals surface area contributed by atoms with Crippen LogP contribution in [-0.4, -0.2) is 9.97 Å². The summed E-state index contributed by atoms with van der Waals surface area (Å²) in [7, 11) is 0. The average molecular weight is 641 g/mol. The Morgan fingerprint density at radius 3 is 1.88 bits per heavy atom. The average Bonchev–Trinajstić information content (AvgIpc) is 3.49. The first-order chi connectivity index (χ1) is 24.8. The van der Waals surface area contributed by atoms with Crippen molar-refractivity contribution in [3.63, 3.8) is 0 Å². The molecule has 10 rings (SSSR count). The van der Waals surface area contributed by atoms with Gasteiger partial charge in [0.05, 0.1) is 22.4 Å². The van der Waals surface area contributed by atoms with Crippen LogP contribution in [0.25, 0.3) is 39.3 Å². The summed E-state index contributed by atoms with van der Waals surface area (Å²) in [4.78, 5) is 10.7. The van der Waals surface area contributed by atoms with Crippen molar-refractivity contribution in [3.8, 4) is 45.3 Å². The molecule has 1 spiro atoms. The van der Waals surface area contributed by atoms with Crippen LogP contribution in [0, 0.1) is 0 Å². The fraction of sp³-hybridized carbons (Fsp3) is 0.0638. The zero-order chi connectivity index (χ0) is 33.1. The first-order valence-corrected chi connectivity index (χ1v) is 17.3. The van der Waals surface area contributed by atoms with E-state index in [2.05, 4.69) is 170 Å². The van der Waals surface area contributed by atoms with Crippen molar-refractivity contribution in [3.05, 3.63) is 209 Å². The van der Waals surface area contributed by atoms with E-state index in [1.165, 1.54) is 33.4 Å². The lowest BCUT2D eigenvalue weighted by Crippen LogP contribution is -2.32. The zero-order valence-electron chi connectivity index (χ0n) is 27.3. The zero-order valence-corrected chi connectivity index (χ0v) is 27.3. The van der Waals surface area contributed by atoms with Crippen LogP contribution in [-0.2, 0) is 5.41 Å². The monoisotopic (exact) mass is 640 g/mol. The molecule has 0 amide bonds. The van der Waals surface area contributed by atoms with Gasteiger partial charge in [0.15, 0.2) is 5.82 Å². The quantitative estimate of drug-likeness (QED) is 0.192. The third-order valence-electron chi connectivity index (χ3n) is 10.5. The molecule has 2 heterocycles. The minimum atomic E-state index is -0.547. The lowest BCUT2D eigenvalue weighted by molar-refractivity contribution is 0.437. The number of rotatable bonds is 4. The maximum Gasteiger partial charge on any atom is 0.163 e. The molecule has 3 nitrogen and oxygen atoms in total. The Hall–Kier alpha value is -6.32. The van der Waals surface area contributed by atoms with Gasteiger partial charge in [0.25, 0.3) is 0 Å². The minimum absolute atomic E-state index is 0.0977. The highest BCUT2D eigenvalue weighted by Gasteiger charge is 2.51. The van der Waals surface area contributed by atoms with Crippen LogP contribution < -0.4 is 4.74 Å². The molecule has 50 heavy (non-hydrogen) atoms. The summed E-state index contributed by atoms with van der Waals surface area (Å²) in [6.45, 7) is 0. The smallest absolute Gasteiger partial charge is 0.163 e. The van der Waals surface area contributed by atoms with Crippen molar-refractivity contribution in [1.82, 2.24) is 9.97 Å². The van der Waals surface area contributed by atoms with E-state index in [0.29, 0.717) is 5.82 Å². The SMILES string of the molecule is C1=CC(c2ccccc2)=CC(c2cc(-c3ccccc3)nc(-c3cccc4c3Oc3ccccc3C43c4ccccc4-c4ccccc43)n2)C1. The Kier molecular flexibility index (Phi) is 6.53. The molecular formula is C47H32N2O. The molecule has 1 atom stereocenters. The third-order valence-corrected chi connectivity index (χ3v) is 10.5. The van der Waals surface area contributed by atoms with Crippen LogP contribution in [0.4, 0.5) is 0 Å². The van der Waals surface area contributed by atoms with Gasteiger partial charge in [-0.1, -0.05) is 158 Å². The number of ether oxygens (including phenoxy) is 1. The molecule has 0 N–H and O–H groups in total. The predicted molar refractivity (Wildman–Crippen MR) is 201 cm³/mol. The molecule has 0 saturated carbocycles. The van der Waals surface area contributed by atoms with Gasteiger partial charge in [-0.25, -0.2) is 9.97 Å². The molecule has 2 aliphatic carbocycles. The molecule has 0 fully saturated rings. The summed E-state index contributed by atoms with van der Waals surface area (Å²) >= 11 is 0. The van der Waals surface area contributed by atoms with Crippen LogP contribution in [0.15, 0.2) is 176 Å². The Morgan fingerprint density at radius 2 is 1.14 bits per heavy atom. The maximum absolute atomic E-state index is 6.98. The van der Waals surface area contributed by atoms with Gasteiger partial charge in [-0.2, -0.15) is 0 Å². The molecule has 7 aromatic rings. The van der Waals surface area contributed by atoms with E-state index >= 15 is 0 Å². The highest BCUT2D eigenvalue weighted by molar-refractivity contribution is 5.90. The van der Waals surface area contributed by atoms with Crippen LogP contribution >= 0.6 is 0 Å². The lowest BCUT2D eigenvalue weighted by Gasteiger charge is -2.40. The maximum atomic E-state index is 6.98. The molecule has 3 aliphatic rings. The second kappa shape index (κ2) is 11.4. The highest BCUT2D eigenvalue weighted by atomic mass is 16.5. The van der Waals surface area contributed by atoms with E-state index in [0.717, 1.165) is 51.6 Å². The number of para-hydroxylation sites is 2. The second-order valence-corrected chi connectivity index (χ2v) is 13.2. The number of hydrogen-bond donors (Lipinski definition) is 0. The van der Waals surface area contributed by atoms with E-state index in [-0.39, 0.29) is 5.92 Å². The molecular weight excluding hydrogens is 609 g/mol. The molecule has 236 valence electrons. The molecule has 1 aliphatic heterocycles. The molecule has 1 unspecified atom stereocenters. The Bertz CT molecular complexity index is 2450. The molecule has 0 radical (unpaired) electrons. The minimum Gasteiger partial charge on any atom is -0.456 e. The van der Waals surface area contributed by atoms with E-state index in [4.69, 9.17) is 14.7 Å². The van der Waals surface area contributed by atoms with Crippen LogP contribution in [0.2, 0.25) is 0 Å². The van der Waals surface area contributed by atoms with Crippen LogP contribution in [0.3, 0.4) is 0 Å². The van der Waals surface area contributed by atoms with Crippen molar-refractivity contribution in [2.75, 3.05) is 0 Å². The number of fused-ring (bicyclic) bond motifs is 9. The normalized spacial score (nSPS) is 16.1. The summed E-state index contributed by atoms with van der Waals surface area (Å²) < 4.78 is 6.98. The Morgan fingerprint density at radius 1 is 0.540 bits per heavy atom. The molecule has 3 heteroatoms. The second-order valence-electron chi connectivity index (χ2n) is 13.2. The summed E-state index contributed by atoms with van der Waals surface area (Å²) in [5.41, 5.74) is 13.0. The predicted octanol–water partition coefficient (Wildman–Crippen LogP) is 11.4. The number of hydrogen-bond acceptors (Lipinski definition) is 3. The van der Waals surface area contributed by atoms with Crippen LogP contribution in [0.1, 0.15) is 45.8 Å². The van der Waals surface area contributed by atoms with Gasteiger partial charge in [-0.15, -0.1) is 0 Å². The largest absolute Gasteiger partial charge is 0.456 e. The molecule has 0 saturated heterocycles. The van der Waals surface area contributed by atoms with Gasteiger partial charge in [-0.3, -0.25) is 0 Å². The van der Waals surface area contributed by atoms with Gasteiger partial charge in [0.1, 0.15) is 11.5 Å². The molecule has 6 aromatic carbocycles. The van der Waals surface area contributed by atoms with Crippen molar-refractivity contribution in [2.24, 2.45) is 0 Å². The van der Waals surface area contributed by atoms with Gasteiger partial charge < -0.3 is 4.74 Å². The number of allylic oxidation sites excluding steroid dienone is 4. The fourth-order valence-electron chi connectivity index (χ4n) is 8.30. The summed E-state index contributed by atoms with van der Waals surface area (Å²) in [5.74, 6) is 2.42. The standard InChI is InChI=1S/C47H32N2O/c1-3-15-31(16-4-1)33-19-13-20-34(29-33)43-30-42(32-17-5-2-6-18-32)48-46(49-43)37-23-14-27-41-45(37)50-44-28-12-11-26-40(44)47(41)38-24-9-7-21-35(38)36-22-8-10-25-39(36)47/h1-19,21-30,34H,20H2. The van der Waals surface area contributed by atoms with Gasteiger partial charge in [0, 0.05) is 22.6 Å². The van der Waals surface area contributed by atoms with Gasteiger partial charge >= 0.3 is 0 Å². The van der Waals surface area contributed by atoms with Crippen molar-refractivity contribution >= 4 is 5.57 Å². The first-order valence-electron chi connectivity index (χ1n) is 17.3. The number of aromatic nitrogens is 2. The number of benzene rings is 6.